The van der Waals surface area contributed by atoms with E-state index in [0.717, 1.165) is 5.92 Å². The fourth-order valence-corrected chi connectivity index (χ4v) is 2.25. The second-order valence-corrected chi connectivity index (χ2v) is 4.87. The molecule has 1 saturated carbocycles. The average Bonchev–Trinajstić information content (AvgIpc) is 2.16. The van der Waals surface area contributed by atoms with Crippen LogP contribution >= 0.6 is 0 Å². The van der Waals surface area contributed by atoms with Gasteiger partial charge in [0.15, 0.2) is 0 Å². The Morgan fingerprint density at radius 3 is 2.21 bits per heavy atom. The van der Waals surface area contributed by atoms with E-state index >= 15 is 0 Å². The third kappa shape index (κ3) is 2.81. The molecule has 1 unspecified atom stereocenters. The van der Waals surface area contributed by atoms with E-state index in [1.54, 1.807) is 6.92 Å². The van der Waals surface area contributed by atoms with Crippen molar-refractivity contribution >= 4 is 5.78 Å². The highest BCUT2D eigenvalue weighted by atomic mass is 16.1. The van der Waals surface area contributed by atoms with Crippen LogP contribution in [-0.4, -0.2) is 29.8 Å². The predicted octanol–water partition coefficient (Wildman–Crippen LogP) is 2.47. The smallest absolute Gasteiger partial charge is 0.146 e. The molecule has 1 rings (SSSR count). The summed E-state index contributed by atoms with van der Waals surface area (Å²) in [6, 6.07) is 0.721. The number of carbonyl (C=O) groups is 1. The molecule has 2 heteroatoms. The van der Waals surface area contributed by atoms with Gasteiger partial charge in [-0.15, -0.1) is 0 Å². The van der Waals surface area contributed by atoms with E-state index in [1.807, 2.05) is 6.92 Å². The molecule has 0 amide bonds. The summed E-state index contributed by atoms with van der Waals surface area (Å²) in [4.78, 5) is 13.5. The van der Waals surface area contributed by atoms with Gasteiger partial charge in [0.05, 0.1) is 6.04 Å². The van der Waals surface area contributed by atoms with Gasteiger partial charge in [-0.3, -0.25) is 9.69 Å². The maximum Gasteiger partial charge on any atom is 0.146 e. The van der Waals surface area contributed by atoms with E-state index in [9.17, 15) is 4.79 Å². The zero-order valence-corrected chi connectivity index (χ0v) is 9.92. The number of carbonyl (C=O) groups excluding carboxylic acids is 1. The summed E-state index contributed by atoms with van der Waals surface area (Å²) >= 11 is 0. The third-order valence-electron chi connectivity index (χ3n) is 3.76. The summed E-state index contributed by atoms with van der Waals surface area (Å²) in [6.45, 7) is 6.03. The van der Waals surface area contributed by atoms with Crippen LogP contribution < -0.4 is 0 Å². The summed E-state index contributed by atoms with van der Waals surface area (Å²) in [5.74, 6) is 1.17. The van der Waals surface area contributed by atoms with Gasteiger partial charge in [0.2, 0.25) is 0 Å². The summed E-state index contributed by atoms with van der Waals surface area (Å²) < 4.78 is 0. The molecule has 1 aliphatic carbocycles. The van der Waals surface area contributed by atoms with Crippen LogP contribution in [0.5, 0.6) is 0 Å². The molecule has 1 atom stereocenters. The Morgan fingerprint density at radius 1 is 1.29 bits per heavy atom. The van der Waals surface area contributed by atoms with Gasteiger partial charge in [-0.1, -0.05) is 6.92 Å². The maximum atomic E-state index is 11.3. The van der Waals surface area contributed by atoms with Crippen LogP contribution in [0.4, 0.5) is 0 Å². The first kappa shape index (κ1) is 11.7. The van der Waals surface area contributed by atoms with Crippen LogP contribution in [0.1, 0.15) is 46.5 Å². The van der Waals surface area contributed by atoms with Gasteiger partial charge in [0.25, 0.3) is 0 Å². The molecule has 0 bridgehead atoms. The lowest BCUT2D eigenvalue weighted by Crippen LogP contribution is -2.43. The van der Waals surface area contributed by atoms with E-state index < -0.39 is 0 Å². The van der Waals surface area contributed by atoms with Gasteiger partial charge < -0.3 is 0 Å². The van der Waals surface area contributed by atoms with E-state index in [1.165, 1.54) is 25.7 Å². The van der Waals surface area contributed by atoms with E-state index in [4.69, 9.17) is 0 Å². The standard InChI is InChI=1S/C12H23NO/c1-9-5-7-12(8-6-9)13(4)10(2)11(3)14/h9-10,12H,5-8H2,1-4H3. The molecule has 82 valence electrons. The highest BCUT2D eigenvalue weighted by molar-refractivity contribution is 5.80. The van der Waals surface area contributed by atoms with Crippen LogP contribution in [-0.2, 0) is 4.79 Å². The molecule has 1 fully saturated rings. The van der Waals surface area contributed by atoms with Crippen molar-refractivity contribution < 1.29 is 4.79 Å². The number of likely N-dealkylation sites (N-methyl/N-ethyl adjacent to an activating group) is 1. The van der Waals surface area contributed by atoms with Crippen molar-refractivity contribution in [3.05, 3.63) is 0 Å². The summed E-state index contributed by atoms with van der Waals surface area (Å²) in [5, 5.41) is 0. The van der Waals surface area contributed by atoms with Gasteiger partial charge in [-0.25, -0.2) is 0 Å². The minimum absolute atomic E-state index is 0.0911. The maximum absolute atomic E-state index is 11.3. The largest absolute Gasteiger partial charge is 0.298 e. The first-order valence-corrected chi connectivity index (χ1v) is 5.74. The number of hydrogen-bond donors (Lipinski definition) is 0. The lowest BCUT2D eigenvalue weighted by Gasteiger charge is -2.36. The Bertz CT molecular complexity index is 194. The molecule has 0 heterocycles. The quantitative estimate of drug-likeness (QED) is 0.692. The number of Topliss-reactive ketones (excluding diaryl/α,β-unsaturated/α-hetero) is 1. The highest BCUT2D eigenvalue weighted by Crippen LogP contribution is 2.27. The monoisotopic (exact) mass is 197 g/mol. The molecule has 14 heavy (non-hydrogen) atoms. The van der Waals surface area contributed by atoms with Crippen LogP contribution in [0.2, 0.25) is 0 Å². The first-order chi connectivity index (χ1) is 6.52. The molecule has 0 saturated heterocycles. The van der Waals surface area contributed by atoms with Crippen LogP contribution in [0.3, 0.4) is 0 Å². The van der Waals surface area contributed by atoms with Crippen molar-refractivity contribution in [2.75, 3.05) is 7.05 Å². The SMILES string of the molecule is CC(=O)C(C)N(C)C1CCC(C)CC1. The molecule has 0 spiro atoms. The topological polar surface area (TPSA) is 20.3 Å². The summed E-state index contributed by atoms with van der Waals surface area (Å²) in [7, 11) is 2.09. The number of rotatable bonds is 3. The fraction of sp³-hybridized carbons (Fsp3) is 0.917. The molecule has 0 radical (unpaired) electrons. The van der Waals surface area contributed by atoms with Crippen molar-refractivity contribution in [2.45, 2.75) is 58.5 Å². The molecule has 2 nitrogen and oxygen atoms in total. The number of nitrogens with zero attached hydrogens (tertiary/aromatic N) is 1. The minimum Gasteiger partial charge on any atom is -0.298 e. The Kier molecular flexibility index (Phi) is 4.11. The molecular weight excluding hydrogens is 174 g/mol. The van der Waals surface area contributed by atoms with Gasteiger partial charge in [0, 0.05) is 6.04 Å². The zero-order valence-electron chi connectivity index (χ0n) is 9.92. The van der Waals surface area contributed by atoms with Crippen molar-refractivity contribution in [1.82, 2.24) is 4.90 Å². The Balaban J connectivity index is 2.45. The van der Waals surface area contributed by atoms with Gasteiger partial charge in [-0.05, 0) is 52.5 Å². The van der Waals surface area contributed by atoms with E-state index in [-0.39, 0.29) is 11.8 Å². The minimum atomic E-state index is 0.0911. The zero-order chi connectivity index (χ0) is 10.7. The number of ketones is 1. The van der Waals surface area contributed by atoms with Crippen molar-refractivity contribution in [3.63, 3.8) is 0 Å². The highest BCUT2D eigenvalue weighted by Gasteiger charge is 2.25. The van der Waals surface area contributed by atoms with E-state index in [2.05, 4.69) is 18.9 Å². The predicted molar refractivity (Wildman–Crippen MR) is 59.3 cm³/mol. The normalized spacial score (nSPS) is 30.4. The van der Waals surface area contributed by atoms with Gasteiger partial charge in [0.1, 0.15) is 5.78 Å². The fourth-order valence-electron chi connectivity index (χ4n) is 2.25. The van der Waals surface area contributed by atoms with Crippen molar-refractivity contribution in [1.29, 1.82) is 0 Å². The summed E-state index contributed by atoms with van der Waals surface area (Å²) in [5.41, 5.74) is 0. The molecule has 1 aliphatic rings. The first-order valence-electron chi connectivity index (χ1n) is 5.74. The van der Waals surface area contributed by atoms with Crippen LogP contribution in [0.25, 0.3) is 0 Å². The Morgan fingerprint density at radius 2 is 1.79 bits per heavy atom. The average molecular weight is 197 g/mol. The lowest BCUT2D eigenvalue weighted by molar-refractivity contribution is -0.122. The third-order valence-corrected chi connectivity index (χ3v) is 3.76. The Hall–Kier alpha value is -0.370. The second kappa shape index (κ2) is 4.92. The Labute approximate surface area is 87.7 Å². The van der Waals surface area contributed by atoms with E-state index in [0.29, 0.717) is 6.04 Å². The lowest BCUT2D eigenvalue weighted by atomic mass is 9.86. The van der Waals surface area contributed by atoms with Crippen molar-refractivity contribution in [3.8, 4) is 0 Å². The second-order valence-electron chi connectivity index (χ2n) is 4.87. The molecule has 0 aliphatic heterocycles. The van der Waals surface area contributed by atoms with Crippen molar-refractivity contribution in [2.24, 2.45) is 5.92 Å². The number of hydrogen-bond acceptors (Lipinski definition) is 2. The molecule has 0 aromatic heterocycles. The summed E-state index contributed by atoms with van der Waals surface area (Å²) in [6.07, 6.45) is 5.16. The van der Waals surface area contributed by atoms with Gasteiger partial charge in [-0.2, -0.15) is 0 Å². The molecule has 0 aromatic carbocycles. The molecule has 0 aromatic rings. The molecular formula is C12H23NO. The van der Waals surface area contributed by atoms with Gasteiger partial charge >= 0.3 is 0 Å². The van der Waals surface area contributed by atoms with Crippen LogP contribution in [0, 0.1) is 5.92 Å². The van der Waals surface area contributed by atoms with Crippen LogP contribution in [0.15, 0.2) is 0 Å². The molecule has 0 N–H and O–H groups in total.